The number of aromatic nitrogens is 2. The van der Waals surface area contributed by atoms with Gasteiger partial charge >= 0.3 is 0 Å². The molecule has 0 aliphatic heterocycles. The van der Waals surface area contributed by atoms with E-state index in [1.807, 2.05) is 29.9 Å². The molecule has 1 atom stereocenters. The van der Waals surface area contributed by atoms with E-state index in [1.165, 1.54) is 10.7 Å². The molecule has 0 radical (unpaired) electrons. The van der Waals surface area contributed by atoms with Crippen molar-refractivity contribution in [2.45, 2.75) is 32.2 Å². The van der Waals surface area contributed by atoms with Gasteiger partial charge in [0.2, 0.25) is 0 Å². The molecule has 1 N–H and O–H groups in total. The first-order valence-electron chi connectivity index (χ1n) is 6.40. The van der Waals surface area contributed by atoms with Crippen LogP contribution in [-0.4, -0.2) is 22.6 Å². The molecule has 2 heterocycles. The van der Waals surface area contributed by atoms with Crippen LogP contribution in [0.2, 0.25) is 0 Å². The molecule has 0 spiro atoms. The summed E-state index contributed by atoms with van der Waals surface area (Å²) in [6, 6.07) is 6.58. The van der Waals surface area contributed by atoms with E-state index in [0.29, 0.717) is 6.04 Å². The molecule has 0 aliphatic carbocycles. The minimum absolute atomic E-state index is 0.489. The number of nitrogens with one attached hydrogen (secondary N) is 1. The van der Waals surface area contributed by atoms with Gasteiger partial charge in [-0.05, 0) is 31.5 Å². The van der Waals surface area contributed by atoms with Gasteiger partial charge in [-0.2, -0.15) is 0 Å². The van der Waals surface area contributed by atoms with Crippen LogP contribution in [0.25, 0.3) is 0 Å². The van der Waals surface area contributed by atoms with Gasteiger partial charge in [0.15, 0.2) is 0 Å². The molecular formula is C14H19N3S. The number of hydrogen-bond acceptors (Lipinski definition) is 4. The Labute approximate surface area is 112 Å². The summed E-state index contributed by atoms with van der Waals surface area (Å²) in [6.07, 6.45) is 6.87. The number of rotatable bonds is 7. The number of nitrogens with zero attached hydrogens (tertiary/aromatic N) is 2. The van der Waals surface area contributed by atoms with Gasteiger partial charge in [0.1, 0.15) is 0 Å². The summed E-state index contributed by atoms with van der Waals surface area (Å²) in [5.74, 6) is 0. The highest BCUT2D eigenvalue weighted by molar-refractivity contribution is 7.09. The van der Waals surface area contributed by atoms with Crippen LogP contribution in [0, 0.1) is 0 Å². The van der Waals surface area contributed by atoms with E-state index in [9.17, 15) is 0 Å². The predicted molar refractivity (Wildman–Crippen MR) is 75.8 cm³/mol. The van der Waals surface area contributed by atoms with E-state index in [1.54, 1.807) is 11.3 Å². The van der Waals surface area contributed by atoms with Crippen molar-refractivity contribution in [3.05, 3.63) is 46.7 Å². The highest BCUT2D eigenvalue weighted by Gasteiger charge is 2.10. The Hall–Kier alpha value is -1.26. The van der Waals surface area contributed by atoms with Gasteiger partial charge in [0.05, 0.1) is 5.01 Å². The van der Waals surface area contributed by atoms with Gasteiger partial charge in [-0.25, -0.2) is 4.98 Å². The second kappa shape index (κ2) is 7.24. The van der Waals surface area contributed by atoms with Gasteiger partial charge in [-0.3, -0.25) is 4.98 Å². The van der Waals surface area contributed by atoms with Crippen LogP contribution < -0.4 is 5.32 Å². The average molecular weight is 261 g/mol. The third-order valence-corrected chi connectivity index (χ3v) is 3.67. The highest BCUT2D eigenvalue weighted by Crippen LogP contribution is 2.11. The van der Waals surface area contributed by atoms with E-state index >= 15 is 0 Å². The minimum atomic E-state index is 0.489. The maximum absolute atomic E-state index is 4.37. The van der Waals surface area contributed by atoms with Crippen LogP contribution >= 0.6 is 11.3 Å². The molecule has 0 aliphatic rings. The molecule has 2 aromatic heterocycles. The largest absolute Gasteiger partial charge is 0.314 e. The second-order valence-electron chi connectivity index (χ2n) is 4.24. The van der Waals surface area contributed by atoms with Gasteiger partial charge < -0.3 is 5.32 Å². The lowest BCUT2D eigenvalue weighted by Crippen LogP contribution is -2.31. The van der Waals surface area contributed by atoms with Crippen molar-refractivity contribution >= 4 is 11.3 Å². The van der Waals surface area contributed by atoms with Crippen molar-refractivity contribution in [1.82, 2.24) is 15.3 Å². The molecule has 4 heteroatoms. The molecular weight excluding hydrogens is 242 g/mol. The van der Waals surface area contributed by atoms with Crippen molar-refractivity contribution < 1.29 is 0 Å². The van der Waals surface area contributed by atoms with Crippen LogP contribution in [0.5, 0.6) is 0 Å². The average Bonchev–Trinajstić information content (AvgIpc) is 2.90. The van der Waals surface area contributed by atoms with Gasteiger partial charge in [-0.1, -0.05) is 13.0 Å². The number of aryl methyl sites for hydroxylation is 1. The standard InChI is InChI=1S/C14H19N3S/c1-2-15-13(11-14-17-9-10-18-14)7-6-12-5-3-4-8-16-12/h3-5,8-10,13,15H,2,6-7,11H2,1H3. The van der Waals surface area contributed by atoms with E-state index in [-0.39, 0.29) is 0 Å². The molecule has 3 nitrogen and oxygen atoms in total. The lowest BCUT2D eigenvalue weighted by Gasteiger charge is -2.16. The fraction of sp³-hybridized carbons (Fsp3) is 0.429. The molecule has 0 saturated heterocycles. The van der Waals surface area contributed by atoms with Crippen LogP contribution in [0.1, 0.15) is 24.0 Å². The molecule has 0 fully saturated rings. The van der Waals surface area contributed by atoms with E-state index < -0.39 is 0 Å². The Bertz CT molecular complexity index is 428. The molecule has 1 unspecified atom stereocenters. The van der Waals surface area contributed by atoms with Crippen LogP contribution in [0.3, 0.4) is 0 Å². The molecule has 18 heavy (non-hydrogen) atoms. The van der Waals surface area contributed by atoms with Crippen molar-refractivity contribution in [2.75, 3.05) is 6.54 Å². The third-order valence-electron chi connectivity index (χ3n) is 2.87. The molecule has 0 saturated carbocycles. The smallest absolute Gasteiger partial charge is 0.0940 e. The third kappa shape index (κ3) is 4.20. The summed E-state index contributed by atoms with van der Waals surface area (Å²) in [4.78, 5) is 8.72. The summed E-state index contributed by atoms with van der Waals surface area (Å²) >= 11 is 1.73. The maximum Gasteiger partial charge on any atom is 0.0940 e. The molecule has 0 amide bonds. The zero-order valence-corrected chi connectivity index (χ0v) is 11.5. The summed E-state index contributed by atoms with van der Waals surface area (Å²) in [6.45, 7) is 3.15. The first-order chi connectivity index (χ1) is 8.88. The molecule has 2 aromatic rings. The Morgan fingerprint density at radius 3 is 2.89 bits per heavy atom. The number of thiazole rings is 1. The summed E-state index contributed by atoms with van der Waals surface area (Å²) in [7, 11) is 0. The highest BCUT2D eigenvalue weighted by atomic mass is 32.1. The first-order valence-corrected chi connectivity index (χ1v) is 7.28. The van der Waals surface area contributed by atoms with Gasteiger partial charge in [0, 0.05) is 35.9 Å². The summed E-state index contributed by atoms with van der Waals surface area (Å²) < 4.78 is 0. The lowest BCUT2D eigenvalue weighted by molar-refractivity contribution is 0.488. The van der Waals surface area contributed by atoms with Crippen LogP contribution in [-0.2, 0) is 12.8 Å². The monoisotopic (exact) mass is 261 g/mol. The van der Waals surface area contributed by atoms with Crippen molar-refractivity contribution in [3.8, 4) is 0 Å². The topological polar surface area (TPSA) is 37.8 Å². The molecule has 96 valence electrons. The first kappa shape index (κ1) is 13.2. The maximum atomic E-state index is 4.37. The zero-order chi connectivity index (χ0) is 12.6. The zero-order valence-electron chi connectivity index (χ0n) is 10.7. The Morgan fingerprint density at radius 2 is 2.22 bits per heavy atom. The van der Waals surface area contributed by atoms with Crippen LogP contribution in [0.15, 0.2) is 36.0 Å². The summed E-state index contributed by atoms with van der Waals surface area (Å²) in [5, 5.41) is 6.78. The normalized spacial score (nSPS) is 12.5. The van der Waals surface area contributed by atoms with E-state index in [4.69, 9.17) is 0 Å². The van der Waals surface area contributed by atoms with Crippen molar-refractivity contribution in [1.29, 1.82) is 0 Å². The Morgan fingerprint density at radius 1 is 1.28 bits per heavy atom. The fourth-order valence-electron chi connectivity index (χ4n) is 2.00. The van der Waals surface area contributed by atoms with Gasteiger partial charge in [-0.15, -0.1) is 11.3 Å². The van der Waals surface area contributed by atoms with Crippen molar-refractivity contribution in [3.63, 3.8) is 0 Å². The van der Waals surface area contributed by atoms with E-state index in [2.05, 4.69) is 28.3 Å². The fourth-order valence-corrected chi connectivity index (χ4v) is 2.70. The van der Waals surface area contributed by atoms with Gasteiger partial charge in [0.25, 0.3) is 0 Å². The number of pyridine rings is 1. The van der Waals surface area contributed by atoms with Crippen molar-refractivity contribution in [2.24, 2.45) is 0 Å². The molecule has 2 rings (SSSR count). The van der Waals surface area contributed by atoms with E-state index in [0.717, 1.165) is 25.8 Å². The number of likely N-dealkylation sites (N-methyl/N-ethyl adjacent to an activating group) is 1. The summed E-state index contributed by atoms with van der Waals surface area (Å²) in [5.41, 5.74) is 1.17. The van der Waals surface area contributed by atoms with Crippen LogP contribution in [0.4, 0.5) is 0 Å². The molecule has 0 bridgehead atoms. The Balaban J connectivity index is 1.86. The quantitative estimate of drug-likeness (QED) is 0.832. The SMILES string of the molecule is CCNC(CCc1ccccn1)Cc1nccs1. The molecule has 0 aromatic carbocycles. The predicted octanol–water partition coefficient (Wildman–Crippen LogP) is 2.69. The lowest BCUT2D eigenvalue weighted by atomic mass is 10.1. The minimum Gasteiger partial charge on any atom is -0.314 e. The second-order valence-corrected chi connectivity index (χ2v) is 5.22. The Kier molecular flexibility index (Phi) is 5.30. The number of hydrogen-bond donors (Lipinski definition) is 1.